The molecule has 3 aromatic rings. The van der Waals surface area contributed by atoms with Crippen LogP contribution in [0.4, 0.5) is 22.9 Å². The molecule has 224 valence electrons. The number of pyridine rings is 3. The number of aromatic nitrogens is 3. The Morgan fingerprint density at radius 3 is 2.48 bits per heavy atom. The van der Waals surface area contributed by atoms with Crippen LogP contribution in [0.25, 0.3) is 11.3 Å². The lowest BCUT2D eigenvalue weighted by molar-refractivity contribution is -0.117. The lowest BCUT2D eigenvalue weighted by atomic mass is 10.1. The van der Waals surface area contributed by atoms with Gasteiger partial charge in [-0.2, -0.15) is 0 Å². The summed E-state index contributed by atoms with van der Waals surface area (Å²) in [5, 5.41) is 3.24. The number of sulfone groups is 1. The quantitative estimate of drug-likeness (QED) is 0.395. The van der Waals surface area contributed by atoms with Gasteiger partial charge in [0.1, 0.15) is 5.82 Å². The van der Waals surface area contributed by atoms with E-state index in [-0.39, 0.29) is 29.7 Å². The van der Waals surface area contributed by atoms with Crippen LogP contribution in [0.15, 0.2) is 47.8 Å². The third-order valence-corrected chi connectivity index (χ3v) is 8.22. The molecule has 2 aliphatic heterocycles. The zero-order chi connectivity index (χ0) is 30.0. The smallest absolute Gasteiger partial charge is 0.223 e. The topological polar surface area (TPSA) is 153 Å². The molecule has 3 N–H and O–H groups in total. The van der Waals surface area contributed by atoms with Crippen molar-refractivity contribution in [1.82, 2.24) is 15.0 Å². The van der Waals surface area contributed by atoms with Crippen LogP contribution in [0.3, 0.4) is 0 Å². The number of carbonyl (C=O) groups excluding carboxylic acids is 1. The lowest BCUT2D eigenvalue weighted by Crippen LogP contribution is -2.45. The molecule has 0 bridgehead atoms. The monoisotopic (exact) mass is 595 g/mol. The van der Waals surface area contributed by atoms with Crippen LogP contribution in [0, 0.1) is 0 Å². The minimum Gasteiger partial charge on any atom is -0.377 e. The molecule has 1 amide bonds. The number of ether oxygens (including phenoxy) is 2. The Hall–Kier alpha value is -3.81. The third-order valence-electron chi connectivity index (χ3n) is 7.25. The molecular formula is C29H37N7O5S. The summed E-state index contributed by atoms with van der Waals surface area (Å²) < 4.78 is 36.6. The molecule has 2 saturated heterocycles. The van der Waals surface area contributed by atoms with E-state index in [0.717, 1.165) is 25.0 Å². The van der Waals surface area contributed by atoms with Gasteiger partial charge in [0.2, 0.25) is 5.91 Å². The molecule has 0 aromatic carbocycles. The summed E-state index contributed by atoms with van der Waals surface area (Å²) in [6.07, 6.45) is 4.77. The van der Waals surface area contributed by atoms with Gasteiger partial charge < -0.3 is 30.3 Å². The number of hydrogen-bond donors (Lipinski definition) is 2. The van der Waals surface area contributed by atoms with E-state index in [2.05, 4.69) is 38.9 Å². The molecule has 3 atom stereocenters. The first kappa shape index (κ1) is 29.7. The van der Waals surface area contributed by atoms with Gasteiger partial charge in [0.15, 0.2) is 14.9 Å². The van der Waals surface area contributed by atoms with Gasteiger partial charge in [0, 0.05) is 55.4 Å². The molecule has 3 aromatic heterocycles. The van der Waals surface area contributed by atoms with Gasteiger partial charge in [0.25, 0.3) is 0 Å². The zero-order valence-corrected chi connectivity index (χ0v) is 25.1. The minimum atomic E-state index is -3.61. The normalized spacial score (nSPS) is 21.3. The van der Waals surface area contributed by atoms with Crippen LogP contribution in [0.2, 0.25) is 0 Å². The number of nitrogens with one attached hydrogen (secondary N) is 1. The van der Waals surface area contributed by atoms with E-state index in [1.165, 1.54) is 0 Å². The fourth-order valence-electron chi connectivity index (χ4n) is 5.36. The Labute approximate surface area is 246 Å². The van der Waals surface area contributed by atoms with E-state index in [0.29, 0.717) is 53.9 Å². The van der Waals surface area contributed by atoms with E-state index in [1.54, 1.807) is 18.3 Å². The SMILES string of the molecule is C[C@@H]1CN(c2ccc(-c3cnc(CC(N)=O)cc3Nc3cc(N4CCOC[C@H]4C)cc(S(C)(=O)=O)n3)nc2)C[C@H](C)O1. The number of carbonyl (C=O) groups is 1. The molecule has 0 saturated carbocycles. The van der Waals surface area contributed by atoms with Crippen LogP contribution in [0.5, 0.6) is 0 Å². The molecular weight excluding hydrogens is 558 g/mol. The summed E-state index contributed by atoms with van der Waals surface area (Å²) >= 11 is 0. The highest BCUT2D eigenvalue weighted by Crippen LogP contribution is 2.33. The van der Waals surface area contributed by atoms with E-state index in [9.17, 15) is 13.2 Å². The van der Waals surface area contributed by atoms with Crippen LogP contribution >= 0.6 is 0 Å². The molecule has 0 unspecified atom stereocenters. The number of amides is 1. The summed E-state index contributed by atoms with van der Waals surface area (Å²) in [6.45, 7) is 9.37. The minimum absolute atomic E-state index is 0.0504. The van der Waals surface area contributed by atoms with Crippen molar-refractivity contribution in [2.75, 3.05) is 54.2 Å². The Morgan fingerprint density at radius 1 is 1.07 bits per heavy atom. The maximum atomic E-state index is 12.6. The fraction of sp³-hybridized carbons (Fsp3) is 0.448. The average molecular weight is 596 g/mol. The van der Waals surface area contributed by atoms with E-state index in [4.69, 9.17) is 20.2 Å². The van der Waals surface area contributed by atoms with Crippen LogP contribution in [-0.4, -0.2) is 86.6 Å². The molecule has 2 fully saturated rings. The Bertz CT molecular complexity index is 1540. The Balaban J connectivity index is 1.52. The largest absolute Gasteiger partial charge is 0.377 e. The van der Waals surface area contributed by atoms with Crippen LogP contribution < -0.4 is 20.9 Å². The second-order valence-electron chi connectivity index (χ2n) is 11.0. The molecule has 0 spiro atoms. The van der Waals surface area contributed by atoms with Gasteiger partial charge in [-0.1, -0.05) is 0 Å². The van der Waals surface area contributed by atoms with Crippen LogP contribution in [0.1, 0.15) is 26.5 Å². The molecule has 12 nitrogen and oxygen atoms in total. The van der Waals surface area contributed by atoms with E-state index in [1.807, 2.05) is 31.3 Å². The molecule has 0 aliphatic carbocycles. The average Bonchev–Trinajstić information content (AvgIpc) is 2.92. The first-order chi connectivity index (χ1) is 20.0. The zero-order valence-electron chi connectivity index (χ0n) is 24.3. The van der Waals surface area contributed by atoms with Crippen molar-refractivity contribution in [2.24, 2.45) is 5.73 Å². The predicted octanol–water partition coefficient (Wildman–Crippen LogP) is 2.55. The van der Waals surface area contributed by atoms with Crippen molar-refractivity contribution in [2.45, 2.75) is 50.5 Å². The van der Waals surface area contributed by atoms with Crippen molar-refractivity contribution in [1.29, 1.82) is 0 Å². The summed E-state index contributed by atoms with van der Waals surface area (Å²) in [4.78, 5) is 29.6. The molecule has 0 radical (unpaired) electrons. The molecule has 42 heavy (non-hydrogen) atoms. The molecule has 5 rings (SSSR count). The number of rotatable bonds is 8. The number of nitrogens with two attached hydrogens (primary N) is 1. The van der Waals surface area contributed by atoms with Crippen molar-refractivity contribution in [3.8, 4) is 11.3 Å². The first-order valence-corrected chi connectivity index (χ1v) is 15.8. The number of primary amides is 1. The van der Waals surface area contributed by atoms with Gasteiger partial charge in [-0.3, -0.25) is 14.8 Å². The van der Waals surface area contributed by atoms with E-state index >= 15 is 0 Å². The Morgan fingerprint density at radius 2 is 1.83 bits per heavy atom. The summed E-state index contributed by atoms with van der Waals surface area (Å²) in [5.74, 6) is -0.185. The summed E-state index contributed by atoms with van der Waals surface area (Å²) in [6, 6.07) is 9.09. The maximum Gasteiger partial charge on any atom is 0.223 e. The van der Waals surface area contributed by atoms with Gasteiger partial charge in [-0.15, -0.1) is 0 Å². The van der Waals surface area contributed by atoms with Crippen molar-refractivity contribution >= 4 is 38.6 Å². The Kier molecular flexibility index (Phi) is 8.62. The van der Waals surface area contributed by atoms with E-state index < -0.39 is 15.7 Å². The molecule has 13 heteroatoms. The second kappa shape index (κ2) is 12.2. The number of morpholine rings is 2. The third kappa shape index (κ3) is 6.97. The van der Waals surface area contributed by atoms with Crippen LogP contribution in [-0.2, 0) is 30.5 Å². The maximum absolute atomic E-state index is 12.6. The first-order valence-electron chi connectivity index (χ1n) is 13.9. The second-order valence-corrected chi connectivity index (χ2v) is 13.0. The standard InChI is InChI=1S/C29H37N7O5S/c1-18-17-40-8-7-36(18)23-11-28(34-29(12-23)42(4,38)39)33-26-9-21(10-27(30)37)31-14-24(26)25-6-5-22(13-32-25)35-15-19(2)41-20(3)16-35/h5-6,9,11-14,18-20H,7-8,10,15-17H2,1-4H3,(H2,30,37)(H,31,33,34)/t18-,19-,20+/m1/s1. The van der Waals surface area contributed by atoms with Gasteiger partial charge >= 0.3 is 0 Å². The molecule has 2 aliphatic rings. The van der Waals surface area contributed by atoms with Gasteiger partial charge in [0.05, 0.1) is 60.8 Å². The summed E-state index contributed by atoms with van der Waals surface area (Å²) in [7, 11) is -3.61. The summed E-state index contributed by atoms with van der Waals surface area (Å²) in [5.41, 5.74) is 9.48. The lowest BCUT2D eigenvalue weighted by Gasteiger charge is -2.36. The highest BCUT2D eigenvalue weighted by molar-refractivity contribution is 7.90. The highest BCUT2D eigenvalue weighted by atomic mass is 32.2. The molecule has 5 heterocycles. The number of anilines is 4. The van der Waals surface area contributed by atoms with Crippen molar-refractivity contribution < 1.29 is 22.7 Å². The van der Waals surface area contributed by atoms with Gasteiger partial charge in [-0.05, 0) is 45.0 Å². The highest BCUT2D eigenvalue weighted by Gasteiger charge is 2.24. The van der Waals surface area contributed by atoms with Crippen molar-refractivity contribution in [3.63, 3.8) is 0 Å². The number of nitrogens with zero attached hydrogens (tertiary/aromatic N) is 5. The van der Waals surface area contributed by atoms with Crippen molar-refractivity contribution in [3.05, 3.63) is 48.4 Å². The number of hydrogen-bond acceptors (Lipinski definition) is 11. The predicted molar refractivity (Wildman–Crippen MR) is 161 cm³/mol. The van der Waals surface area contributed by atoms with Gasteiger partial charge in [-0.25, -0.2) is 13.4 Å². The fourth-order valence-corrected chi connectivity index (χ4v) is 5.96.